The van der Waals surface area contributed by atoms with Crippen LogP contribution in [0.1, 0.15) is 49.9 Å². The molecule has 0 unspecified atom stereocenters. The third-order valence-electron chi connectivity index (χ3n) is 4.72. The van der Waals surface area contributed by atoms with E-state index in [-0.39, 0.29) is 24.3 Å². The van der Waals surface area contributed by atoms with Crippen molar-refractivity contribution in [2.24, 2.45) is 0 Å². The van der Waals surface area contributed by atoms with E-state index >= 15 is 0 Å². The van der Waals surface area contributed by atoms with Crippen molar-refractivity contribution in [3.05, 3.63) is 41.7 Å². The maximum absolute atomic E-state index is 12.7. The Morgan fingerprint density at radius 3 is 2.54 bits per heavy atom. The average Bonchev–Trinajstić information content (AvgIpc) is 2.96. The molecule has 1 heterocycles. The van der Waals surface area contributed by atoms with E-state index in [0.29, 0.717) is 5.82 Å². The fourth-order valence-corrected chi connectivity index (χ4v) is 3.27. The highest BCUT2D eigenvalue weighted by atomic mass is 16.5. The summed E-state index contributed by atoms with van der Waals surface area (Å²) in [6.45, 7) is 1.35. The van der Waals surface area contributed by atoms with Crippen molar-refractivity contribution in [2.75, 3.05) is 6.61 Å². The summed E-state index contributed by atoms with van der Waals surface area (Å²) in [6.07, 6.45) is 8.24. The van der Waals surface area contributed by atoms with Crippen molar-refractivity contribution in [2.45, 2.75) is 51.5 Å². The number of benzene rings is 1. The Kier molecular flexibility index (Phi) is 6.89. The summed E-state index contributed by atoms with van der Waals surface area (Å²) in [6, 6.07) is 9.48. The predicted molar refractivity (Wildman–Crippen MR) is 104 cm³/mol. The molecule has 0 saturated heterocycles. The molecule has 2 aromatic rings. The molecular weight excluding hydrogens is 358 g/mol. The second-order valence-corrected chi connectivity index (χ2v) is 6.91. The number of carbonyl (C=O) groups excluding carboxylic acids is 2. The Bertz CT molecular complexity index is 823. The van der Waals surface area contributed by atoms with Crippen molar-refractivity contribution >= 4 is 23.6 Å². The van der Waals surface area contributed by atoms with Crippen molar-refractivity contribution in [1.82, 2.24) is 25.5 Å². The number of nitrogens with one attached hydrogen (secondary N) is 1. The minimum atomic E-state index is -0.657. The number of tetrazole rings is 1. The second kappa shape index (κ2) is 9.77. The van der Waals surface area contributed by atoms with Crippen LogP contribution < -0.4 is 5.32 Å². The number of carbonyl (C=O) groups is 2. The maximum atomic E-state index is 12.7. The van der Waals surface area contributed by atoms with Gasteiger partial charge in [-0.1, -0.05) is 56.0 Å². The van der Waals surface area contributed by atoms with Gasteiger partial charge in [0.05, 0.1) is 0 Å². The first-order valence-corrected chi connectivity index (χ1v) is 9.62. The Labute approximate surface area is 164 Å². The lowest BCUT2D eigenvalue weighted by Crippen LogP contribution is -2.37. The first-order chi connectivity index (χ1) is 13.6. The van der Waals surface area contributed by atoms with Gasteiger partial charge < -0.3 is 10.1 Å². The fraction of sp³-hybridized carbons (Fsp3) is 0.450. The minimum Gasteiger partial charge on any atom is -0.451 e. The van der Waals surface area contributed by atoms with E-state index in [1.807, 2.05) is 30.3 Å². The molecule has 1 aromatic heterocycles. The van der Waals surface area contributed by atoms with Crippen molar-refractivity contribution in [3.63, 3.8) is 0 Å². The molecule has 148 valence electrons. The lowest BCUT2D eigenvalue weighted by atomic mass is 10.1. The molecule has 1 aromatic carbocycles. The van der Waals surface area contributed by atoms with Gasteiger partial charge >= 0.3 is 5.97 Å². The van der Waals surface area contributed by atoms with Crippen LogP contribution >= 0.6 is 0 Å². The van der Waals surface area contributed by atoms with Crippen LogP contribution in [0.3, 0.4) is 0 Å². The van der Waals surface area contributed by atoms with Crippen LogP contribution in [0.2, 0.25) is 0 Å². The maximum Gasteiger partial charge on any atom is 0.357 e. The summed E-state index contributed by atoms with van der Waals surface area (Å²) in [4.78, 5) is 24.9. The van der Waals surface area contributed by atoms with E-state index in [2.05, 4.69) is 20.8 Å². The zero-order valence-corrected chi connectivity index (χ0v) is 16.0. The van der Waals surface area contributed by atoms with Gasteiger partial charge in [0.1, 0.15) is 0 Å². The van der Waals surface area contributed by atoms with Crippen LogP contribution in [-0.2, 0) is 14.3 Å². The SMILES string of the molecule is Cc1nnnn1/C(=C\c1ccccc1)C(=O)OCC(=O)NC1CCCCCC1. The molecule has 0 spiro atoms. The van der Waals surface area contributed by atoms with E-state index in [0.717, 1.165) is 31.2 Å². The van der Waals surface area contributed by atoms with Gasteiger partial charge in [0.2, 0.25) is 0 Å². The standard InChI is InChI=1S/C20H25N5O3/c1-15-22-23-24-25(15)18(13-16-9-5-4-6-10-16)20(27)28-14-19(26)21-17-11-7-2-3-8-12-17/h4-6,9-10,13,17H,2-3,7-8,11-12,14H2,1H3,(H,21,26)/b18-13-. The van der Waals surface area contributed by atoms with Crippen LogP contribution in [0.5, 0.6) is 0 Å². The summed E-state index contributed by atoms with van der Waals surface area (Å²) >= 11 is 0. The zero-order valence-electron chi connectivity index (χ0n) is 16.0. The monoisotopic (exact) mass is 383 g/mol. The van der Waals surface area contributed by atoms with Crippen LogP contribution in [-0.4, -0.2) is 44.7 Å². The number of esters is 1. The molecule has 3 rings (SSSR count). The molecule has 1 saturated carbocycles. The number of hydrogen-bond donors (Lipinski definition) is 1. The summed E-state index contributed by atoms with van der Waals surface area (Å²) in [5.41, 5.74) is 0.947. The summed E-state index contributed by atoms with van der Waals surface area (Å²) < 4.78 is 6.56. The molecule has 28 heavy (non-hydrogen) atoms. The van der Waals surface area contributed by atoms with Crippen molar-refractivity contribution < 1.29 is 14.3 Å². The van der Waals surface area contributed by atoms with Gasteiger partial charge in [-0.25, -0.2) is 4.79 Å². The minimum absolute atomic E-state index is 0.149. The van der Waals surface area contributed by atoms with E-state index < -0.39 is 5.97 Å². The number of amides is 1. The van der Waals surface area contributed by atoms with Crippen molar-refractivity contribution in [3.8, 4) is 0 Å². The van der Waals surface area contributed by atoms with Crippen LogP contribution in [0, 0.1) is 6.92 Å². The number of nitrogens with zero attached hydrogens (tertiary/aromatic N) is 4. The number of rotatable bonds is 6. The van der Waals surface area contributed by atoms with Gasteiger partial charge in [-0.15, -0.1) is 5.10 Å². The second-order valence-electron chi connectivity index (χ2n) is 6.91. The molecule has 1 aliphatic rings. The van der Waals surface area contributed by atoms with Gasteiger partial charge in [-0.2, -0.15) is 4.68 Å². The van der Waals surface area contributed by atoms with Crippen LogP contribution in [0.25, 0.3) is 11.8 Å². The number of ether oxygens (including phenoxy) is 1. The molecule has 1 aliphatic carbocycles. The normalized spacial score (nSPS) is 15.7. The highest BCUT2D eigenvalue weighted by Gasteiger charge is 2.20. The summed E-state index contributed by atoms with van der Waals surface area (Å²) in [5.74, 6) is -0.495. The summed E-state index contributed by atoms with van der Waals surface area (Å²) in [5, 5.41) is 14.2. The molecule has 8 heteroatoms. The van der Waals surface area contributed by atoms with E-state index in [1.54, 1.807) is 13.0 Å². The molecule has 0 aliphatic heterocycles. The van der Waals surface area contributed by atoms with Gasteiger partial charge in [-0.05, 0) is 41.8 Å². The first-order valence-electron chi connectivity index (χ1n) is 9.62. The third kappa shape index (κ3) is 5.48. The number of hydrogen-bond acceptors (Lipinski definition) is 6. The van der Waals surface area contributed by atoms with E-state index in [1.165, 1.54) is 17.5 Å². The van der Waals surface area contributed by atoms with Gasteiger partial charge in [0.25, 0.3) is 5.91 Å². The topological polar surface area (TPSA) is 99.0 Å². The highest BCUT2D eigenvalue weighted by Crippen LogP contribution is 2.17. The van der Waals surface area contributed by atoms with Gasteiger partial charge in [-0.3, -0.25) is 4.79 Å². The van der Waals surface area contributed by atoms with E-state index in [4.69, 9.17) is 4.74 Å². The molecule has 0 bridgehead atoms. The molecule has 1 amide bonds. The Morgan fingerprint density at radius 1 is 1.18 bits per heavy atom. The lowest BCUT2D eigenvalue weighted by Gasteiger charge is -2.16. The fourth-order valence-electron chi connectivity index (χ4n) is 3.27. The Morgan fingerprint density at radius 2 is 1.89 bits per heavy atom. The van der Waals surface area contributed by atoms with Crippen molar-refractivity contribution in [1.29, 1.82) is 0 Å². The first kappa shape index (κ1) is 19.7. The number of aromatic nitrogens is 4. The molecule has 8 nitrogen and oxygen atoms in total. The molecule has 0 atom stereocenters. The Hall–Kier alpha value is -3.03. The van der Waals surface area contributed by atoms with E-state index in [9.17, 15) is 9.59 Å². The lowest BCUT2D eigenvalue weighted by molar-refractivity contribution is -0.143. The zero-order chi connectivity index (χ0) is 19.8. The quantitative estimate of drug-likeness (QED) is 0.467. The Balaban J connectivity index is 1.65. The van der Waals surface area contributed by atoms with Gasteiger partial charge in [0.15, 0.2) is 18.1 Å². The molecular formula is C20H25N5O3. The molecule has 0 radical (unpaired) electrons. The molecule has 1 N–H and O–H groups in total. The smallest absolute Gasteiger partial charge is 0.357 e. The van der Waals surface area contributed by atoms with Crippen LogP contribution in [0.15, 0.2) is 30.3 Å². The third-order valence-corrected chi connectivity index (χ3v) is 4.72. The van der Waals surface area contributed by atoms with Crippen LogP contribution in [0.4, 0.5) is 0 Å². The predicted octanol–water partition coefficient (Wildman–Crippen LogP) is 2.36. The van der Waals surface area contributed by atoms with Gasteiger partial charge in [0, 0.05) is 6.04 Å². The number of aryl methyl sites for hydroxylation is 1. The molecule has 1 fully saturated rings. The average molecular weight is 383 g/mol. The summed E-state index contributed by atoms with van der Waals surface area (Å²) in [7, 11) is 0. The highest BCUT2D eigenvalue weighted by molar-refractivity contribution is 6.15. The largest absolute Gasteiger partial charge is 0.451 e.